The van der Waals surface area contributed by atoms with Crippen LogP contribution in [0.25, 0.3) is 0 Å². The van der Waals surface area contributed by atoms with Gasteiger partial charge in [-0.25, -0.2) is 8.78 Å². The summed E-state index contributed by atoms with van der Waals surface area (Å²) in [6, 6.07) is 0. The van der Waals surface area contributed by atoms with Crippen molar-refractivity contribution in [3.63, 3.8) is 0 Å². The van der Waals surface area contributed by atoms with Crippen LogP contribution in [0, 0.1) is 0 Å². The van der Waals surface area contributed by atoms with Crippen LogP contribution in [0.15, 0.2) is 10.6 Å². The molecule has 48 valence electrons. The van der Waals surface area contributed by atoms with E-state index in [0.29, 0.717) is 13.0 Å². The standard InChI is InChI=1S/C4H4Cl2F2/c1-4(7,8)2-3(5)6/h2H,1H3. The third-order valence-electron chi connectivity index (χ3n) is 0.363. The summed E-state index contributed by atoms with van der Waals surface area (Å²) in [6.07, 6.45) is 0.468. The maximum absolute atomic E-state index is 11.7. The van der Waals surface area contributed by atoms with Gasteiger partial charge in [-0.15, -0.1) is 0 Å². The molecule has 0 aromatic rings. The van der Waals surface area contributed by atoms with Gasteiger partial charge in [0.25, 0.3) is 5.92 Å². The van der Waals surface area contributed by atoms with E-state index in [1.807, 2.05) is 0 Å². The monoisotopic (exact) mass is 160 g/mol. The normalized spacial score (nSPS) is 11.1. The average molecular weight is 161 g/mol. The Kier molecular flexibility index (Phi) is 2.71. The molecule has 0 unspecified atom stereocenters. The van der Waals surface area contributed by atoms with Crippen LogP contribution in [0.3, 0.4) is 0 Å². The first-order chi connectivity index (χ1) is 3.42. The van der Waals surface area contributed by atoms with Gasteiger partial charge in [0.1, 0.15) is 4.49 Å². The van der Waals surface area contributed by atoms with Crippen molar-refractivity contribution in [2.24, 2.45) is 0 Å². The quantitative estimate of drug-likeness (QED) is 0.554. The molecule has 0 rings (SSSR count). The topological polar surface area (TPSA) is 0 Å². The summed E-state index contributed by atoms with van der Waals surface area (Å²) in [5.41, 5.74) is 0. The number of allylic oxidation sites excluding steroid dienone is 1. The van der Waals surface area contributed by atoms with E-state index in [0.717, 1.165) is 0 Å². The van der Waals surface area contributed by atoms with Crippen LogP contribution in [0.5, 0.6) is 0 Å². The fraction of sp³-hybridized carbons (Fsp3) is 0.500. The molecule has 0 nitrogen and oxygen atoms in total. The maximum Gasteiger partial charge on any atom is 0.266 e. The third-order valence-corrected chi connectivity index (χ3v) is 0.581. The molecule has 4 heteroatoms. The highest BCUT2D eigenvalue weighted by molar-refractivity contribution is 6.55. The lowest BCUT2D eigenvalue weighted by atomic mass is 10.4. The summed E-state index contributed by atoms with van der Waals surface area (Å²) in [6.45, 7) is 0.706. The molecule has 0 saturated carbocycles. The maximum atomic E-state index is 11.7. The lowest BCUT2D eigenvalue weighted by Crippen LogP contribution is -2.03. The van der Waals surface area contributed by atoms with Gasteiger partial charge in [0.15, 0.2) is 0 Å². The van der Waals surface area contributed by atoms with Crippen LogP contribution in [-0.2, 0) is 0 Å². The Morgan fingerprint density at radius 1 is 1.50 bits per heavy atom. The van der Waals surface area contributed by atoms with E-state index >= 15 is 0 Å². The summed E-state index contributed by atoms with van der Waals surface area (Å²) < 4.78 is 23.1. The molecule has 0 bridgehead atoms. The first-order valence-corrected chi connectivity index (χ1v) is 2.59. The molecular formula is C4H4Cl2F2. The minimum absolute atomic E-state index is 0.405. The summed E-state index contributed by atoms with van der Waals surface area (Å²) in [5, 5.41) is 0. The van der Waals surface area contributed by atoms with E-state index in [2.05, 4.69) is 0 Å². The van der Waals surface area contributed by atoms with Crippen LogP contribution < -0.4 is 0 Å². The van der Waals surface area contributed by atoms with E-state index in [9.17, 15) is 8.78 Å². The van der Waals surface area contributed by atoms with Crippen LogP contribution >= 0.6 is 23.2 Å². The second-order valence-electron chi connectivity index (χ2n) is 1.39. The second kappa shape index (κ2) is 2.65. The van der Waals surface area contributed by atoms with Crippen molar-refractivity contribution in [2.75, 3.05) is 0 Å². The zero-order valence-corrected chi connectivity index (χ0v) is 5.60. The van der Waals surface area contributed by atoms with Crippen molar-refractivity contribution in [1.82, 2.24) is 0 Å². The van der Waals surface area contributed by atoms with Crippen molar-refractivity contribution >= 4 is 23.2 Å². The fourth-order valence-electron chi connectivity index (χ4n) is 0.192. The van der Waals surface area contributed by atoms with Gasteiger partial charge in [-0.3, -0.25) is 0 Å². The first-order valence-electron chi connectivity index (χ1n) is 1.83. The van der Waals surface area contributed by atoms with E-state index in [1.54, 1.807) is 0 Å². The van der Waals surface area contributed by atoms with Gasteiger partial charge in [-0.1, -0.05) is 23.2 Å². The molecule has 0 N–H and O–H groups in total. The Balaban J connectivity index is 3.89. The molecule has 0 saturated heterocycles. The van der Waals surface area contributed by atoms with Crippen molar-refractivity contribution in [1.29, 1.82) is 0 Å². The molecule has 0 aliphatic heterocycles. The molecule has 0 aliphatic rings. The van der Waals surface area contributed by atoms with Gasteiger partial charge in [-0.05, 0) is 0 Å². The zero-order chi connectivity index (χ0) is 6.78. The molecule has 0 spiro atoms. The number of alkyl halides is 2. The molecular weight excluding hydrogens is 157 g/mol. The van der Waals surface area contributed by atoms with Crippen LogP contribution in [-0.4, -0.2) is 5.92 Å². The van der Waals surface area contributed by atoms with Gasteiger partial charge >= 0.3 is 0 Å². The number of rotatable bonds is 1. The fourth-order valence-corrected chi connectivity index (χ4v) is 0.575. The van der Waals surface area contributed by atoms with E-state index in [4.69, 9.17) is 23.2 Å². The molecule has 0 aliphatic carbocycles. The number of hydrogen-bond donors (Lipinski definition) is 0. The molecule has 0 aromatic carbocycles. The highest BCUT2D eigenvalue weighted by Crippen LogP contribution is 2.19. The second-order valence-corrected chi connectivity index (χ2v) is 2.40. The van der Waals surface area contributed by atoms with Gasteiger partial charge in [-0.2, -0.15) is 0 Å². The van der Waals surface area contributed by atoms with Gasteiger partial charge in [0, 0.05) is 13.0 Å². The largest absolute Gasteiger partial charge is 0.266 e. The predicted octanol–water partition coefficient (Wildman–Crippen LogP) is 2.96. The Bertz CT molecular complexity index is 99.1. The summed E-state index contributed by atoms with van der Waals surface area (Å²) >= 11 is 9.82. The predicted molar refractivity (Wildman–Crippen MR) is 30.4 cm³/mol. The molecule has 0 radical (unpaired) electrons. The zero-order valence-electron chi connectivity index (χ0n) is 4.09. The minimum atomic E-state index is -2.90. The van der Waals surface area contributed by atoms with Crippen molar-refractivity contribution < 1.29 is 8.78 Å². The van der Waals surface area contributed by atoms with Crippen molar-refractivity contribution in [2.45, 2.75) is 12.8 Å². The number of halogens is 4. The Morgan fingerprint density at radius 2 is 1.88 bits per heavy atom. The SMILES string of the molecule is CC(F)(F)C=C(Cl)Cl. The molecule has 0 amide bonds. The smallest absolute Gasteiger partial charge is 0.202 e. The third kappa shape index (κ3) is 6.18. The van der Waals surface area contributed by atoms with Gasteiger partial charge < -0.3 is 0 Å². The van der Waals surface area contributed by atoms with Crippen LogP contribution in [0.1, 0.15) is 6.92 Å². The molecule has 0 atom stereocenters. The van der Waals surface area contributed by atoms with Crippen molar-refractivity contribution in [3.05, 3.63) is 10.6 Å². The number of hydrogen-bond acceptors (Lipinski definition) is 0. The highest BCUT2D eigenvalue weighted by atomic mass is 35.5. The van der Waals surface area contributed by atoms with Crippen LogP contribution in [0.2, 0.25) is 0 Å². The van der Waals surface area contributed by atoms with Crippen LogP contribution in [0.4, 0.5) is 8.78 Å². The lowest BCUT2D eigenvalue weighted by molar-refractivity contribution is 0.0774. The van der Waals surface area contributed by atoms with Gasteiger partial charge in [0.05, 0.1) is 0 Å². The van der Waals surface area contributed by atoms with E-state index in [1.165, 1.54) is 0 Å². The van der Waals surface area contributed by atoms with E-state index < -0.39 is 10.4 Å². The Hall–Kier alpha value is 0.180. The molecule has 8 heavy (non-hydrogen) atoms. The first kappa shape index (κ1) is 8.18. The van der Waals surface area contributed by atoms with Gasteiger partial charge in [0.2, 0.25) is 0 Å². The Morgan fingerprint density at radius 3 is 1.88 bits per heavy atom. The average Bonchev–Trinajstić information content (AvgIpc) is 1.21. The van der Waals surface area contributed by atoms with Crippen molar-refractivity contribution in [3.8, 4) is 0 Å². The highest BCUT2D eigenvalue weighted by Gasteiger charge is 2.16. The summed E-state index contributed by atoms with van der Waals surface area (Å²) in [5.74, 6) is -2.90. The molecule has 0 aromatic heterocycles. The molecule has 0 heterocycles. The lowest BCUT2D eigenvalue weighted by Gasteiger charge is -2.00. The Labute approximate surface area is 56.1 Å². The minimum Gasteiger partial charge on any atom is -0.202 e. The summed E-state index contributed by atoms with van der Waals surface area (Å²) in [7, 11) is 0. The van der Waals surface area contributed by atoms with E-state index in [-0.39, 0.29) is 0 Å². The summed E-state index contributed by atoms with van der Waals surface area (Å²) in [4.78, 5) is 0. The molecule has 0 fully saturated rings.